The Balaban J connectivity index is 1.81. The van der Waals surface area contributed by atoms with Crippen molar-refractivity contribution in [1.29, 1.82) is 0 Å². The predicted molar refractivity (Wildman–Crippen MR) is 74.3 cm³/mol. The molecule has 4 N–H and O–H groups in total. The number of amides is 1. The number of benzene rings is 1. The highest BCUT2D eigenvalue weighted by Crippen LogP contribution is 2.23. The van der Waals surface area contributed by atoms with Gasteiger partial charge >= 0.3 is 0 Å². The molecular formula is C15H22N2O2. The summed E-state index contributed by atoms with van der Waals surface area (Å²) >= 11 is 0. The Morgan fingerprint density at radius 1 is 1.37 bits per heavy atom. The average Bonchev–Trinajstić information content (AvgIpc) is 2.45. The third-order valence-corrected chi connectivity index (χ3v) is 3.76. The van der Waals surface area contributed by atoms with E-state index < -0.39 is 6.04 Å². The summed E-state index contributed by atoms with van der Waals surface area (Å²) in [5.41, 5.74) is 6.74. The Kier molecular flexibility index (Phi) is 4.93. The van der Waals surface area contributed by atoms with Crippen LogP contribution in [0.3, 0.4) is 0 Å². The predicted octanol–water partition coefficient (Wildman–Crippen LogP) is 1.35. The molecule has 19 heavy (non-hydrogen) atoms. The van der Waals surface area contributed by atoms with Crippen LogP contribution in [-0.4, -0.2) is 23.7 Å². The lowest BCUT2D eigenvalue weighted by Gasteiger charge is -2.26. The first kappa shape index (κ1) is 14.0. The zero-order valence-electron chi connectivity index (χ0n) is 11.1. The highest BCUT2D eigenvalue weighted by molar-refractivity contribution is 5.82. The molecule has 0 spiro atoms. The third kappa shape index (κ3) is 4.04. The van der Waals surface area contributed by atoms with Gasteiger partial charge in [0.2, 0.25) is 5.91 Å². The van der Waals surface area contributed by atoms with Gasteiger partial charge in [-0.05, 0) is 30.7 Å². The van der Waals surface area contributed by atoms with Gasteiger partial charge in [0.25, 0.3) is 0 Å². The number of aliphatic hydroxyl groups excluding tert-OH is 1. The molecular weight excluding hydrogens is 240 g/mol. The van der Waals surface area contributed by atoms with Crippen molar-refractivity contribution in [2.45, 2.75) is 37.8 Å². The summed E-state index contributed by atoms with van der Waals surface area (Å²) in [5.74, 6) is 0.224. The number of carbonyl (C=O) groups excluding carboxylic acids is 1. The molecule has 1 aromatic carbocycles. The number of nitrogens with two attached hydrogens (primary N) is 1. The van der Waals surface area contributed by atoms with Crippen molar-refractivity contribution in [1.82, 2.24) is 5.32 Å². The molecule has 0 aliphatic heterocycles. The quantitative estimate of drug-likeness (QED) is 0.766. The van der Waals surface area contributed by atoms with Gasteiger partial charge in [0.15, 0.2) is 0 Å². The van der Waals surface area contributed by atoms with Crippen LogP contribution in [0.15, 0.2) is 30.3 Å². The van der Waals surface area contributed by atoms with Crippen molar-refractivity contribution in [3.8, 4) is 0 Å². The van der Waals surface area contributed by atoms with Gasteiger partial charge in [-0.15, -0.1) is 0 Å². The zero-order chi connectivity index (χ0) is 13.7. The van der Waals surface area contributed by atoms with E-state index in [0.29, 0.717) is 12.5 Å². The van der Waals surface area contributed by atoms with Crippen LogP contribution >= 0.6 is 0 Å². The number of nitrogens with one attached hydrogen (secondary N) is 1. The minimum Gasteiger partial charge on any atom is -0.393 e. The molecule has 0 heterocycles. The molecule has 2 rings (SSSR count). The van der Waals surface area contributed by atoms with Crippen LogP contribution in [0.5, 0.6) is 0 Å². The number of rotatable bonds is 4. The molecule has 0 bridgehead atoms. The number of hydrogen-bond donors (Lipinski definition) is 3. The van der Waals surface area contributed by atoms with Crippen LogP contribution < -0.4 is 11.1 Å². The zero-order valence-corrected chi connectivity index (χ0v) is 11.1. The molecule has 4 nitrogen and oxygen atoms in total. The van der Waals surface area contributed by atoms with Crippen LogP contribution in [0, 0.1) is 5.92 Å². The number of hydrogen-bond acceptors (Lipinski definition) is 3. The molecule has 1 aromatic rings. The lowest BCUT2D eigenvalue weighted by atomic mass is 9.87. The Hall–Kier alpha value is -1.39. The average molecular weight is 262 g/mol. The van der Waals surface area contributed by atoms with Gasteiger partial charge in [-0.3, -0.25) is 4.79 Å². The van der Waals surface area contributed by atoms with E-state index >= 15 is 0 Å². The minimum absolute atomic E-state index is 0.147. The van der Waals surface area contributed by atoms with Crippen LogP contribution in [0.4, 0.5) is 0 Å². The van der Waals surface area contributed by atoms with Crippen molar-refractivity contribution in [2.75, 3.05) is 6.54 Å². The van der Waals surface area contributed by atoms with Gasteiger partial charge < -0.3 is 16.2 Å². The van der Waals surface area contributed by atoms with Crippen LogP contribution in [0.2, 0.25) is 0 Å². The summed E-state index contributed by atoms with van der Waals surface area (Å²) in [6, 6.07) is 8.75. The molecule has 1 aliphatic rings. The van der Waals surface area contributed by atoms with E-state index in [2.05, 4.69) is 5.32 Å². The Bertz CT molecular complexity index is 408. The lowest BCUT2D eigenvalue weighted by molar-refractivity contribution is -0.122. The highest BCUT2D eigenvalue weighted by Gasteiger charge is 2.22. The molecule has 104 valence electrons. The second-order valence-electron chi connectivity index (χ2n) is 5.32. The van der Waals surface area contributed by atoms with E-state index in [0.717, 1.165) is 31.2 Å². The Labute approximate surface area is 114 Å². The van der Waals surface area contributed by atoms with Crippen LogP contribution in [0.25, 0.3) is 0 Å². The monoisotopic (exact) mass is 262 g/mol. The van der Waals surface area contributed by atoms with Gasteiger partial charge in [-0.2, -0.15) is 0 Å². The fourth-order valence-electron chi connectivity index (χ4n) is 2.61. The highest BCUT2D eigenvalue weighted by atomic mass is 16.3. The molecule has 1 saturated carbocycles. The van der Waals surface area contributed by atoms with E-state index in [1.54, 1.807) is 0 Å². The van der Waals surface area contributed by atoms with Gasteiger partial charge in [-0.25, -0.2) is 0 Å². The maximum absolute atomic E-state index is 12.0. The normalized spacial score (nSPS) is 24.7. The van der Waals surface area contributed by atoms with Gasteiger partial charge in [0, 0.05) is 6.54 Å². The van der Waals surface area contributed by atoms with Crippen molar-refractivity contribution < 1.29 is 9.90 Å². The first-order chi connectivity index (χ1) is 9.16. The molecule has 0 aromatic heterocycles. The molecule has 1 amide bonds. The molecule has 0 saturated heterocycles. The van der Waals surface area contributed by atoms with Crippen molar-refractivity contribution in [3.05, 3.63) is 35.9 Å². The summed E-state index contributed by atoms with van der Waals surface area (Å²) in [7, 11) is 0. The second-order valence-corrected chi connectivity index (χ2v) is 5.32. The summed E-state index contributed by atoms with van der Waals surface area (Å²) in [6.45, 7) is 0.608. The lowest BCUT2D eigenvalue weighted by Crippen LogP contribution is -2.38. The number of carbonyl (C=O) groups is 1. The summed E-state index contributed by atoms with van der Waals surface area (Å²) < 4.78 is 0. The van der Waals surface area contributed by atoms with Gasteiger partial charge in [0.1, 0.15) is 6.04 Å². The molecule has 1 aliphatic carbocycles. The fraction of sp³-hybridized carbons (Fsp3) is 0.533. The summed E-state index contributed by atoms with van der Waals surface area (Å²) in [5, 5.41) is 12.5. The minimum atomic E-state index is -0.616. The molecule has 4 heteroatoms. The number of aliphatic hydroxyl groups is 1. The maximum atomic E-state index is 12.0. The van der Waals surface area contributed by atoms with E-state index in [1.807, 2.05) is 30.3 Å². The Morgan fingerprint density at radius 2 is 2.11 bits per heavy atom. The second kappa shape index (κ2) is 6.68. The summed E-state index contributed by atoms with van der Waals surface area (Å²) in [4.78, 5) is 12.0. The van der Waals surface area contributed by atoms with Crippen molar-refractivity contribution in [2.24, 2.45) is 11.7 Å². The summed E-state index contributed by atoms with van der Waals surface area (Å²) in [6.07, 6.45) is 3.55. The maximum Gasteiger partial charge on any atom is 0.241 e. The van der Waals surface area contributed by atoms with Gasteiger partial charge in [0.05, 0.1) is 6.10 Å². The standard InChI is InChI=1S/C15H22N2O2/c16-14(12-6-2-1-3-7-12)15(19)17-10-11-5-4-8-13(18)9-11/h1-3,6-7,11,13-14,18H,4-5,8-10,16H2,(H,17,19). The van der Waals surface area contributed by atoms with E-state index in [1.165, 1.54) is 0 Å². The van der Waals surface area contributed by atoms with Crippen LogP contribution in [-0.2, 0) is 4.79 Å². The fourth-order valence-corrected chi connectivity index (χ4v) is 2.61. The largest absolute Gasteiger partial charge is 0.393 e. The van der Waals surface area contributed by atoms with Crippen molar-refractivity contribution in [3.63, 3.8) is 0 Å². The van der Waals surface area contributed by atoms with Crippen LogP contribution in [0.1, 0.15) is 37.3 Å². The topological polar surface area (TPSA) is 75.4 Å². The molecule has 0 radical (unpaired) electrons. The van der Waals surface area contributed by atoms with E-state index in [4.69, 9.17) is 5.73 Å². The van der Waals surface area contributed by atoms with Crippen molar-refractivity contribution >= 4 is 5.91 Å². The SMILES string of the molecule is NC(C(=O)NCC1CCCC(O)C1)c1ccccc1. The van der Waals surface area contributed by atoms with E-state index in [9.17, 15) is 9.90 Å². The third-order valence-electron chi connectivity index (χ3n) is 3.76. The first-order valence-corrected chi connectivity index (χ1v) is 6.93. The molecule has 1 fully saturated rings. The first-order valence-electron chi connectivity index (χ1n) is 6.93. The van der Waals surface area contributed by atoms with Gasteiger partial charge in [-0.1, -0.05) is 36.8 Å². The Morgan fingerprint density at radius 3 is 2.79 bits per heavy atom. The molecule has 3 unspecified atom stereocenters. The molecule has 3 atom stereocenters. The van der Waals surface area contributed by atoms with E-state index in [-0.39, 0.29) is 12.0 Å². The smallest absolute Gasteiger partial charge is 0.241 e.